The molecule has 4 nitrogen and oxygen atoms in total. The number of hydrogen-bond donors (Lipinski definition) is 0. The third-order valence-corrected chi connectivity index (χ3v) is 6.49. The maximum absolute atomic E-state index is 12.9. The van der Waals surface area contributed by atoms with E-state index in [0.29, 0.717) is 22.5 Å². The zero-order chi connectivity index (χ0) is 18.1. The van der Waals surface area contributed by atoms with Crippen LogP contribution in [0.4, 0.5) is 0 Å². The number of benzene rings is 1. The Morgan fingerprint density at radius 3 is 2.68 bits per heavy atom. The summed E-state index contributed by atoms with van der Waals surface area (Å²) >= 11 is 12.3. The Balaban J connectivity index is 1.96. The van der Waals surface area contributed by atoms with Gasteiger partial charge >= 0.3 is 0 Å². The molecule has 138 valence electrons. The van der Waals surface area contributed by atoms with Gasteiger partial charge in [-0.2, -0.15) is 0 Å². The molecule has 0 aromatic heterocycles. The van der Waals surface area contributed by atoms with Gasteiger partial charge in [0.15, 0.2) is 0 Å². The number of carbonyl (C=O) groups excluding carboxylic acids is 1. The number of hydrogen-bond acceptors (Lipinski definition) is 4. The number of ether oxygens (including phenoxy) is 2. The molecule has 0 radical (unpaired) electrons. The highest BCUT2D eigenvalue weighted by atomic mass is 35.5. The summed E-state index contributed by atoms with van der Waals surface area (Å²) in [6.45, 7) is 2.19. The van der Waals surface area contributed by atoms with Crippen LogP contribution >= 0.6 is 23.2 Å². The first-order chi connectivity index (χ1) is 12.0. The van der Waals surface area contributed by atoms with Gasteiger partial charge in [-0.15, -0.1) is 0 Å². The van der Waals surface area contributed by atoms with Gasteiger partial charge in [0.1, 0.15) is 12.6 Å². The van der Waals surface area contributed by atoms with Gasteiger partial charge in [-0.25, -0.2) is 0 Å². The molecule has 6 heteroatoms. The minimum absolute atomic E-state index is 0.0169. The minimum Gasteiger partial charge on any atom is -0.359 e. The summed E-state index contributed by atoms with van der Waals surface area (Å²) < 4.78 is 11.0. The van der Waals surface area contributed by atoms with Crippen molar-refractivity contribution in [1.29, 1.82) is 0 Å². The molecule has 25 heavy (non-hydrogen) atoms. The molecule has 0 spiro atoms. The Hall–Kier alpha value is -0.650. The highest BCUT2D eigenvalue weighted by Crippen LogP contribution is 2.48. The van der Waals surface area contributed by atoms with Crippen LogP contribution in [0.3, 0.4) is 0 Å². The molecule has 5 atom stereocenters. The highest BCUT2D eigenvalue weighted by Gasteiger charge is 2.53. The fourth-order valence-corrected chi connectivity index (χ4v) is 4.87. The van der Waals surface area contributed by atoms with Crippen LogP contribution in [-0.2, 0) is 14.3 Å². The Bertz CT molecular complexity index is 639. The fraction of sp³-hybridized carbons (Fsp3) is 0.632. The van der Waals surface area contributed by atoms with Crippen LogP contribution in [0.15, 0.2) is 18.2 Å². The maximum Gasteiger partial charge on any atom is 0.146 e. The molecule has 0 N–H and O–H groups in total. The Morgan fingerprint density at radius 1 is 1.28 bits per heavy atom. The van der Waals surface area contributed by atoms with Crippen molar-refractivity contribution in [3.63, 3.8) is 0 Å². The van der Waals surface area contributed by atoms with Crippen molar-refractivity contribution in [1.82, 2.24) is 4.90 Å². The van der Waals surface area contributed by atoms with Crippen LogP contribution in [0, 0.1) is 5.92 Å². The maximum atomic E-state index is 12.9. The number of halogens is 2. The standard InChI is InChI=1S/C19H25Cl2NO3/c1-4-16(23)18-13(11-5-6-14(20)15(21)7-11)8-12-9-17(25-10-24-3)19(18)22(12)2/h5-7,12-13,17-19H,4,8-10H2,1-3H3/t12?,13-,17-,18-,19?/m1/s1. The van der Waals surface area contributed by atoms with Crippen molar-refractivity contribution in [2.45, 2.75) is 50.3 Å². The molecule has 2 bridgehead atoms. The molecule has 1 aromatic carbocycles. The van der Waals surface area contributed by atoms with Gasteiger partial charge < -0.3 is 9.47 Å². The van der Waals surface area contributed by atoms with E-state index in [4.69, 9.17) is 32.7 Å². The van der Waals surface area contributed by atoms with Crippen molar-refractivity contribution < 1.29 is 14.3 Å². The third-order valence-electron chi connectivity index (χ3n) is 5.75. The number of fused-ring (bicyclic) bond motifs is 2. The zero-order valence-corrected chi connectivity index (χ0v) is 16.4. The molecule has 2 aliphatic heterocycles. The molecule has 0 aliphatic carbocycles. The quantitative estimate of drug-likeness (QED) is 0.689. The topological polar surface area (TPSA) is 38.8 Å². The van der Waals surface area contributed by atoms with E-state index in [0.717, 1.165) is 18.4 Å². The van der Waals surface area contributed by atoms with Crippen LogP contribution in [0.1, 0.15) is 37.7 Å². The lowest BCUT2D eigenvalue weighted by molar-refractivity contribution is -0.132. The molecule has 2 heterocycles. The average molecular weight is 386 g/mol. The van der Waals surface area contributed by atoms with E-state index >= 15 is 0 Å². The Kier molecular flexibility index (Phi) is 6.07. The van der Waals surface area contributed by atoms with E-state index in [-0.39, 0.29) is 36.6 Å². The normalized spacial score (nSPS) is 32.1. The van der Waals surface area contributed by atoms with Gasteiger partial charge in [0.05, 0.1) is 16.1 Å². The first kappa shape index (κ1) is 19.1. The molecule has 0 saturated carbocycles. The van der Waals surface area contributed by atoms with Crippen molar-refractivity contribution in [3.05, 3.63) is 33.8 Å². The monoisotopic (exact) mass is 385 g/mol. The summed E-state index contributed by atoms with van der Waals surface area (Å²) in [6.07, 6.45) is 2.39. The summed E-state index contributed by atoms with van der Waals surface area (Å²) in [5.41, 5.74) is 1.09. The van der Waals surface area contributed by atoms with Gasteiger partial charge in [-0.05, 0) is 43.5 Å². The lowest BCUT2D eigenvalue weighted by Crippen LogP contribution is -2.51. The van der Waals surface area contributed by atoms with Crippen LogP contribution in [0.25, 0.3) is 0 Å². The first-order valence-corrected chi connectivity index (χ1v) is 9.53. The van der Waals surface area contributed by atoms with Crippen molar-refractivity contribution >= 4 is 29.0 Å². The lowest BCUT2D eigenvalue weighted by Gasteiger charge is -2.43. The molecule has 2 fully saturated rings. The van der Waals surface area contributed by atoms with Crippen molar-refractivity contribution in [3.8, 4) is 0 Å². The first-order valence-electron chi connectivity index (χ1n) is 8.78. The van der Waals surface area contributed by atoms with Crippen molar-refractivity contribution in [2.75, 3.05) is 21.0 Å². The lowest BCUT2D eigenvalue weighted by atomic mass is 9.73. The number of carbonyl (C=O) groups is 1. The number of piperidine rings is 1. The van der Waals surface area contributed by atoms with Gasteiger partial charge in [-0.3, -0.25) is 9.69 Å². The molecule has 3 rings (SSSR count). The number of methoxy groups -OCH3 is 1. The molecule has 2 aliphatic rings. The van der Waals surface area contributed by atoms with Crippen molar-refractivity contribution in [2.24, 2.45) is 5.92 Å². The van der Waals surface area contributed by atoms with E-state index in [9.17, 15) is 4.79 Å². The van der Waals surface area contributed by atoms with E-state index in [2.05, 4.69) is 11.9 Å². The van der Waals surface area contributed by atoms with E-state index in [1.165, 1.54) is 0 Å². The summed E-state index contributed by atoms with van der Waals surface area (Å²) in [5.74, 6) is 0.316. The molecular formula is C19H25Cl2NO3. The number of likely N-dealkylation sites (N-methyl/N-ethyl adjacent to an activating group) is 1. The van der Waals surface area contributed by atoms with Gasteiger partial charge in [0.2, 0.25) is 0 Å². The number of Topliss-reactive ketones (excluding diaryl/α,β-unsaturated/α-hetero) is 1. The predicted molar refractivity (Wildman–Crippen MR) is 99.3 cm³/mol. The number of nitrogens with zero attached hydrogens (tertiary/aromatic N) is 1. The van der Waals surface area contributed by atoms with Crippen LogP contribution in [0.2, 0.25) is 10.0 Å². The zero-order valence-electron chi connectivity index (χ0n) is 14.9. The number of rotatable bonds is 6. The second-order valence-electron chi connectivity index (χ2n) is 7.02. The second-order valence-corrected chi connectivity index (χ2v) is 7.83. The smallest absolute Gasteiger partial charge is 0.146 e. The molecule has 1 aromatic rings. The second kappa shape index (κ2) is 7.93. The summed E-state index contributed by atoms with van der Waals surface area (Å²) in [4.78, 5) is 15.2. The van der Waals surface area contributed by atoms with Crippen LogP contribution < -0.4 is 0 Å². The van der Waals surface area contributed by atoms with Gasteiger partial charge in [0.25, 0.3) is 0 Å². The summed E-state index contributed by atoms with van der Waals surface area (Å²) in [6, 6.07) is 6.21. The fourth-order valence-electron chi connectivity index (χ4n) is 4.56. The third kappa shape index (κ3) is 3.60. The summed E-state index contributed by atoms with van der Waals surface area (Å²) in [5, 5.41) is 1.08. The van der Waals surface area contributed by atoms with E-state index in [1.54, 1.807) is 7.11 Å². The van der Waals surface area contributed by atoms with Gasteiger partial charge in [-0.1, -0.05) is 36.2 Å². The molecular weight excluding hydrogens is 361 g/mol. The average Bonchev–Trinajstić information content (AvgIpc) is 2.80. The SMILES string of the molecule is CCC(=O)[C@@H]1C2[C@H](OCOC)CC(C[C@@H]1c1ccc(Cl)c(Cl)c1)N2C. The largest absolute Gasteiger partial charge is 0.359 e. The Labute approximate surface area is 159 Å². The van der Waals surface area contributed by atoms with Gasteiger partial charge in [0, 0.05) is 31.5 Å². The highest BCUT2D eigenvalue weighted by molar-refractivity contribution is 6.42. The summed E-state index contributed by atoms with van der Waals surface area (Å²) in [7, 11) is 3.73. The molecule has 0 amide bonds. The molecule has 2 unspecified atom stereocenters. The van der Waals surface area contributed by atoms with Crippen LogP contribution in [-0.4, -0.2) is 49.8 Å². The van der Waals surface area contributed by atoms with Crippen LogP contribution in [0.5, 0.6) is 0 Å². The molecule has 2 saturated heterocycles. The van der Waals surface area contributed by atoms with E-state index < -0.39 is 0 Å². The van der Waals surface area contributed by atoms with E-state index in [1.807, 2.05) is 25.1 Å². The minimum atomic E-state index is -0.104. The Morgan fingerprint density at radius 2 is 2.04 bits per heavy atom. The number of ketones is 1. The predicted octanol–water partition coefficient (Wildman–Crippen LogP) is 4.14.